The molecule has 0 fully saturated rings. The summed E-state index contributed by atoms with van der Waals surface area (Å²) in [6.07, 6.45) is 0. The summed E-state index contributed by atoms with van der Waals surface area (Å²) in [4.78, 5) is 41.8. The van der Waals surface area contributed by atoms with E-state index >= 15 is 0 Å². The zero-order valence-corrected chi connectivity index (χ0v) is 17.3. The molecule has 0 spiro atoms. The summed E-state index contributed by atoms with van der Waals surface area (Å²) in [6, 6.07) is 3.57. The van der Waals surface area contributed by atoms with Crippen molar-refractivity contribution in [2.45, 2.75) is 18.4 Å². The molecule has 0 radical (unpaired) electrons. The number of esters is 1. The molecule has 31 heavy (non-hydrogen) atoms. The quantitative estimate of drug-likeness (QED) is 0.479. The van der Waals surface area contributed by atoms with E-state index in [1.165, 1.54) is 32.4 Å². The zero-order valence-electron chi connectivity index (χ0n) is 16.5. The number of aromatic carboxylic acids is 1. The first-order valence-corrected chi connectivity index (χ1v) is 9.85. The van der Waals surface area contributed by atoms with Crippen molar-refractivity contribution in [3.63, 3.8) is 0 Å². The molecule has 0 unspecified atom stereocenters. The molecule has 1 aromatic heterocycles. The van der Waals surface area contributed by atoms with Gasteiger partial charge < -0.3 is 19.3 Å². The number of anilines is 1. The lowest BCUT2D eigenvalue weighted by atomic mass is 10.1. The van der Waals surface area contributed by atoms with E-state index < -0.39 is 45.1 Å². The van der Waals surface area contributed by atoms with Crippen LogP contribution >= 0.6 is 0 Å². The second-order valence-electron chi connectivity index (χ2n) is 5.71. The monoisotopic (exact) mass is 454 g/mol. The third-order valence-electron chi connectivity index (χ3n) is 3.60. The molecule has 2 aromatic rings. The number of nitrogens with zero attached hydrogens (tertiary/aromatic N) is 2. The number of hydrogen-bond acceptors (Lipinski definition) is 10. The van der Waals surface area contributed by atoms with Crippen molar-refractivity contribution in [1.29, 1.82) is 0 Å². The summed E-state index contributed by atoms with van der Waals surface area (Å²) >= 11 is 0. The molecule has 0 aliphatic carbocycles. The molecule has 0 aliphatic rings. The lowest BCUT2D eigenvalue weighted by Crippen LogP contribution is -2.35. The van der Waals surface area contributed by atoms with Gasteiger partial charge in [0.15, 0.2) is 0 Å². The van der Waals surface area contributed by atoms with Gasteiger partial charge in [0.05, 0.1) is 25.8 Å². The standard InChI is InChI=1S/C17H18N4O9S/c1-9(22)30-8-10-5-4-6-11(14(10)15(23)24)31(26,27)21-17(25)20-16-18-12(28-2)7-13(19-16)29-3/h4-7H,8H2,1-3H3,(H,23,24)(H2,18,19,20,21,25). The van der Waals surface area contributed by atoms with E-state index in [0.717, 1.165) is 13.0 Å². The first-order chi connectivity index (χ1) is 14.6. The molecule has 1 heterocycles. The van der Waals surface area contributed by atoms with Gasteiger partial charge in [-0.15, -0.1) is 0 Å². The fourth-order valence-corrected chi connectivity index (χ4v) is 3.47. The Morgan fingerprint density at radius 1 is 1.10 bits per heavy atom. The maximum absolute atomic E-state index is 12.7. The number of urea groups is 1. The van der Waals surface area contributed by atoms with E-state index in [1.807, 2.05) is 0 Å². The predicted molar refractivity (Wildman–Crippen MR) is 103 cm³/mol. The number of carboxylic acids is 1. The maximum Gasteiger partial charge on any atom is 0.337 e. The van der Waals surface area contributed by atoms with E-state index in [0.29, 0.717) is 0 Å². The number of hydrogen-bond donors (Lipinski definition) is 3. The van der Waals surface area contributed by atoms with E-state index in [2.05, 4.69) is 15.3 Å². The molecule has 2 amide bonds. The van der Waals surface area contributed by atoms with Gasteiger partial charge >= 0.3 is 18.0 Å². The van der Waals surface area contributed by atoms with Crippen LogP contribution in [0.25, 0.3) is 0 Å². The number of methoxy groups -OCH3 is 2. The molecule has 0 saturated heterocycles. The number of benzene rings is 1. The van der Waals surface area contributed by atoms with Crippen molar-refractivity contribution in [2.75, 3.05) is 19.5 Å². The highest BCUT2D eigenvalue weighted by Gasteiger charge is 2.27. The number of carbonyl (C=O) groups excluding carboxylic acids is 2. The summed E-state index contributed by atoms with van der Waals surface area (Å²) in [5.41, 5.74) is -0.727. The van der Waals surface area contributed by atoms with Gasteiger partial charge in [-0.25, -0.2) is 22.7 Å². The van der Waals surface area contributed by atoms with Crippen LogP contribution in [-0.4, -0.2) is 55.7 Å². The Bertz CT molecular complexity index is 1100. The average Bonchev–Trinajstić information content (AvgIpc) is 2.70. The number of amides is 2. The molecule has 0 atom stereocenters. The highest BCUT2D eigenvalue weighted by molar-refractivity contribution is 7.90. The molecule has 2 rings (SSSR count). The molecule has 13 nitrogen and oxygen atoms in total. The molecular formula is C17H18N4O9S. The zero-order chi connectivity index (χ0) is 23.2. The fraction of sp³-hybridized carbons (Fsp3) is 0.235. The minimum Gasteiger partial charge on any atom is -0.481 e. The van der Waals surface area contributed by atoms with Crippen LogP contribution in [0.2, 0.25) is 0 Å². The Labute approximate surface area is 176 Å². The third kappa shape index (κ3) is 6.02. The Hall–Kier alpha value is -3.94. The SMILES string of the molecule is COc1cc(OC)nc(NC(=O)NS(=O)(=O)c2cccc(COC(C)=O)c2C(=O)O)n1. The first-order valence-electron chi connectivity index (χ1n) is 8.36. The van der Waals surface area contributed by atoms with Gasteiger partial charge in [-0.1, -0.05) is 12.1 Å². The summed E-state index contributed by atoms with van der Waals surface area (Å²) in [7, 11) is -2.03. The first kappa shape index (κ1) is 23.3. The Morgan fingerprint density at radius 2 is 1.71 bits per heavy atom. The van der Waals surface area contributed by atoms with Crippen molar-refractivity contribution in [2.24, 2.45) is 0 Å². The van der Waals surface area contributed by atoms with Gasteiger partial charge in [0.1, 0.15) is 11.5 Å². The Morgan fingerprint density at radius 3 is 2.23 bits per heavy atom. The molecular weight excluding hydrogens is 436 g/mol. The number of carboxylic acid groups (broad SMARTS) is 1. The largest absolute Gasteiger partial charge is 0.481 e. The van der Waals surface area contributed by atoms with Crippen molar-refractivity contribution >= 4 is 33.9 Å². The van der Waals surface area contributed by atoms with Crippen LogP contribution in [0.15, 0.2) is 29.2 Å². The van der Waals surface area contributed by atoms with Crippen molar-refractivity contribution in [1.82, 2.24) is 14.7 Å². The van der Waals surface area contributed by atoms with Crippen LogP contribution < -0.4 is 19.5 Å². The molecule has 0 aliphatic heterocycles. The molecule has 3 N–H and O–H groups in total. The van der Waals surface area contributed by atoms with E-state index in [-0.39, 0.29) is 23.3 Å². The topological polar surface area (TPSA) is 183 Å². The third-order valence-corrected chi connectivity index (χ3v) is 4.97. The predicted octanol–water partition coefficient (Wildman–Crippen LogP) is 0.766. The van der Waals surface area contributed by atoms with E-state index in [4.69, 9.17) is 14.2 Å². The van der Waals surface area contributed by atoms with Crippen molar-refractivity contribution < 1.29 is 42.1 Å². The van der Waals surface area contributed by atoms with Crippen molar-refractivity contribution in [3.05, 3.63) is 35.4 Å². The Kier molecular flexibility index (Phi) is 7.31. The highest BCUT2D eigenvalue weighted by Crippen LogP contribution is 2.22. The van der Waals surface area contributed by atoms with Gasteiger partial charge in [-0.05, 0) is 6.07 Å². The van der Waals surface area contributed by atoms with Gasteiger partial charge in [0, 0.05) is 12.5 Å². The number of rotatable bonds is 8. The van der Waals surface area contributed by atoms with Crippen LogP contribution in [0.1, 0.15) is 22.8 Å². The fourth-order valence-electron chi connectivity index (χ4n) is 2.32. The summed E-state index contributed by atoms with van der Waals surface area (Å²) in [6.45, 7) is 0.645. The van der Waals surface area contributed by atoms with Crippen LogP contribution in [0.4, 0.5) is 10.7 Å². The number of aromatic nitrogens is 2. The summed E-state index contributed by atoms with van der Waals surface area (Å²) in [5, 5.41) is 11.6. The molecule has 1 aromatic carbocycles. The summed E-state index contributed by atoms with van der Waals surface area (Å²) < 4.78 is 41.6. The number of ether oxygens (including phenoxy) is 3. The number of carbonyl (C=O) groups is 3. The normalized spacial score (nSPS) is 10.7. The van der Waals surface area contributed by atoms with Crippen LogP contribution in [-0.2, 0) is 26.2 Å². The van der Waals surface area contributed by atoms with Gasteiger partial charge in [-0.3, -0.25) is 10.1 Å². The minimum atomic E-state index is -4.65. The molecule has 0 saturated carbocycles. The minimum absolute atomic E-state index is 0.0383. The average molecular weight is 454 g/mol. The highest BCUT2D eigenvalue weighted by atomic mass is 32.2. The smallest absolute Gasteiger partial charge is 0.337 e. The van der Waals surface area contributed by atoms with Gasteiger partial charge in [0.25, 0.3) is 10.0 Å². The number of nitrogens with one attached hydrogen (secondary N) is 2. The lowest BCUT2D eigenvalue weighted by molar-refractivity contribution is -0.142. The van der Waals surface area contributed by atoms with E-state index in [9.17, 15) is 27.9 Å². The summed E-state index contributed by atoms with van der Waals surface area (Å²) in [5.74, 6) is -2.53. The van der Waals surface area contributed by atoms with Crippen LogP contribution in [0.3, 0.4) is 0 Å². The lowest BCUT2D eigenvalue weighted by Gasteiger charge is -2.13. The van der Waals surface area contributed by atoms with Crippen molar-refractivity contribution in [3.8, 4) is 11.8 Å². The van der Waals surface area contributed by atoms with Crippen LogP contribution in [0, 0.1) is 0 Å². The molecule has 166 valence electrons. The number of sulfonamides is 1. The van der Waals surface area contributed by atoms with Gasteiger partial charge in [-0.2, -0.15) is 9.97 Å². The maximum atomic E-state index is 12.7. The molecule has 14 heteroatoms. The second kappa shape index (κ2) is 9.71. The van der Waals surface area contributed by atoms with Crippen LogP contribution in [0.5, 0.6) is 11.8 Å². The second-order valence-corrected chi connectivity index (χ2v) is 7.36. The molecule has 0 bridgehead atoms. The van der Waals surface area contributed by atoms with E-state index in [1.54, 1.807) is 4.72 Å². The van der Waals surface area contributed by atoms with Gasteiger partial charge in [0.2, 0.25) is 17.7 Å². The Balaban J connectivity index is 2.31.